The van der Waals surface area contributed by atoms with Crippen LogP contribution in [-0.2, 0) is 4.79 Å². The molecule has 17 heavy (non-hydrogen) atoms. The molecule has 2 nitrogen and oxygen atoms in total. The molecule has 1 heterocycles. The molecular weight excluding hydrogens is 210 g/mol. The van der Waals surface area contributed by atoms with Crippen LogP contribution in [0.25, 0.3) is 0 Å². The first-order chi connectivity index (χ1) is 8.25. The minimum atomic E-state index is 0.310. The molecule has 3 rings (SSSR count). The molecule has 90 valence electrons. The van der Waals surface area contributed by atoms with Crippen LogP contribution in [0, 0.1) is 5.92 Å². The van der Waals surface area contributed by atoms with Gasteiger partial charge in [0.2, 0.25) is 5.91 Å². The Morgan fingerprint density at radius 2 is 2.12 bits per heavy atom. The van der Waals surface area contributed by atoms with Gasteiger partial charge in [-0.25, -0.2) is 0 Å². The first kappa shape index (κ1) is 10.8. The zero-order valence-electron chi connectivity index (χ0n) is 10.4. The van der Waals surface area contributed by atoms with E-state index in [9.17, 15) is 4.79 Å². The molecule has 0 aromatic rings. The molecule has 1 aliphatic heterocycles. The Hall–Kier alpha value is -1.31. The number of hydrogen-bond acceptors (Lipinski definition) is 1. The topological polar surface area (TPSA) is 20.3 Å². The summed E-state index contributed by atoms with van der Waals surface area (Å²) in [5, 5.41) is 0. The largest absolute Gasteiger partial charge is 0.342 e. The van der Waals surface area contributed by atoms with Crippen molar-refractivity contribution in [1.29, 1.82) is 0 Å². The molecule has 0 N–H and O–H groups in total. The lowest BCUT2D eigenvalue weighted by molar-refractivity contribution is -0.129. The molecular formula is C15H19NO. The number of rotatable bonds is 0. The molecule has 1 atom stereocenters. The highest BCUT2D eigenvalue weighted by Gasteiger charge is 2.30. The van der Waals surface area contributed by atoms with Crippen LogP contribution in [0.4, 0.5) is 0 Å². The Kier molecular flexibility index (Phi) is 2.65. The molecule has 1 amide bonds. The molecule has 1 fully saturated rings. The van der Waals surface area contributed by atoms with Crippen LogP contribution in [0.1, 0.15) is 32.1 Å². The quantitative estimate of drug-likeness (QED) is 0.625. The predicted octanol–water partition coefficient (Wildman–Crippen LogP) is 2.83. The highest BCUT2D eigenvalue weighted by atomic mass is 16.2. The molecule has 1 unspecified atom stereocenters. The third-order valence-corrected chi connectivity index (χ3v) is 4.33. The highest BCUT2D eigenvalue weighted by molar-refractivity contribution is 5.77. The lowest BCUT2D eigenvalue weighted by Gasteiger charge is -2.31. The average Bonchev–Trinajstić information content (AvgIpc) is 2.50. The van der Waals surface area contributed by atoms with Crippen molar-refractivity contribution in [3.05, 3.63) is 34.9 Å². The summed E-state index contributed by atoms with van der Waals surface area (Å²) in [7, 11) is 1.94. The summed E-state index contributed by atoms with van der Waals surface area (Å²) in [5.74, 6) is 0.965. The summed E-state index contributed by atoms with van der Waals surface area (Å²) in [6, 6.07) is 0. The van der Waals surface area contributed by atoms with Crippen molar-refractivity contribution in [2.24, 2.45) is 5.92 Å². The van der Waals surface area contributed by atoms with E-state index in [1.54, 1.807) is 5.57 Å². The van der Waals surface area contributed by atoms with Crippen LogP contribution < -0.4 is 0 Å². The third kappa shape index (κ3) is 1.86. The fraction of sp³-hybridized carbons (Fsp3) is 0.533. The van der Waals surface area contributed by atoms with E-state index >= 15 is 0 Å². The monoisotopic (exact) mass is 229 g/mol. The van der Waals surface area contributed by atoms with Crippen LogP contribution in [0.2, 0.25) is 0 Å². The summed E-state index contributed by atoms with van der Waals surface area (Å²) < 4.78 is 0. The molecule has 0 radical (unpaired) electrons. The first-order valence-corrected chi connectivity index (χ1v) is 6.57. The van der Waals surface area contributed by atoms with Crippen LogP contribution in [0.5, 0.6) is 0 Å². The van der Waals surface area contributed by atoms with E-state index in [-0.39, 0.29) is 0 Å². The number of carbonyl (C=O) groups excluding carboxylic acids is 1. The number of amides is 1. The van der Waals surface area contributed by atoms with Gasteiger partial charge in [0.15, 0.2) is 0 Å². The van der Waals surface area contributed by atoms with E-state index in [4.69, 9.17) is 0 Å². The molecule has 2 aliphatic carbocycles. The third-order valence-electron chi connectivity index (χ3n) is 4.33. The minimum absolute atomic E-state index is 0.310. The SMILES string of the molecule is CN1CC2=C3CC=CC=C3CCC2CCC1=O. The Bertz CT molecular complexity index is 442. The summed E-state index contributed by atoms with van der Waals surface area (Å²) in [6.45, 7) is 0.851. The van der Waals surface area contributed by atoms with Gasteiger partial charge in [0.1, 0.15) is 0 Å². The Morgan fingerprint density at radius 3 is 3.00 bits per heavy atom. The van der Waals surface area contributed by atoms with Gasteiger partial charge in [0.05, 0.1) is 0 Å². The molecule has 3 aliphatic rings. The van der Waals surface area contributed by atoms with Gasteiger partial charge in [-0.05, 0) is 48.3 Å². The van der Waals surface area contributed by atoms with Gasteiger partial charge in [-0.2, -0.15) is 0 Å². The summed E-state index contributed by atoms with van der Waals surface area (Å²) in [5.41, 5.74) is 4.59. The number of allylic oxidation sites excluding steroid dienone is 5. The molecule has 0 aromatic carbocycles. The number of hydrogen-bond donors (Lipinski definition) is 0. The molecule has 0 bridgehead atoms. The molecule has 1 saturated heterocycles. The van der Waals surface area contributed by atoms with Crippen molar-refractivity contribution < 1.29 is 4.79 Å². The number of nitrogens with zero attached hydrogens (tertiary/aromatic N) is 1. The van der Waals surface area contributed by atoms with E-state index in [1.807, 2.05) is 11.9 Å². The van der Waals surface area contributed by atoms with Gasteiger partial charge in [0, 0.05) is 20.0 Å². The van der Waals surface area contributed by atoms with E-state index < -0.39 is 0 Å². The van der Waals surface area contributed by atoms with Crippen LogP contribution >= 0.6 is 0 Å². The average molecular weight is 229 g/mol. The second-order valence-corrected chi connectivity index (χ2v) is 5.35. The van der Waals surface area contributed by atoms with Crippen molar-refractivity contribution in [2.45, 2.75) is 32.1 Å². The van der Waals surface area contributed by atoms with E-state index in [1.165, 1.54) is 24.0 Å². The maximum absolute atomic E-state index is 11.8. The van der Waals surface area contributed by atoms with Crippen molar-refractivity contribution in [3.63, 3.8) is 0 Å². The second kappa shape index (κ2) is 4.17. The van der Waals surface area contributed by atoms with E-state index in [0.717, 1.165) is 25.8 Å². The predicted molar refractivity (Wildman–Crippen MR) is 68.5 cm³/mol. The Balaban J connectivity index is 2.00. The van der Waals surface area contributed by atoms with E-state index in [2.05, 4.69) is 18.2 Å². The number of fused-ring (bicyclic) bond motifs is 2. The maximum atomic E-state index is 11.8. The zero-order chi connectivity index (χ0) is 11.8. The first-order valence-electron chi connectivity index (χ1n) is 6.57. The second-order valence-electron chi connectivity index (χ2n) is 5.35. The highest BCUT2D eigenvalue weighted by Crippen LogP contribution is 2.40. The minimum Gasteiger partial charge on any atom is -0.342 e. The van der Waals surface area contributed by atoms with Crippen LogP contribution in [-0.4, -0.2) is 24.4 Å². The molecule has 0 spiro atoms. The Morgan fingerprint density at radius 1 is 1.29 bits per heavy atom. The lowest BCUT2D eigenvalue weighted by atomic mass is 9.76. The number of likely N-dealkylation sites (N-methyl/N-ethyl adjacent to an activating group) is 1. The lowest BCUT2D eigenvalue weighted by Crippen LogP contribution is -2.28. The number of carbonyl (C=O) groups is 1. The van der Waals surface area contributed by atoms with Gasteiger partial charge in [-0.15, -0.1) is 0 Å². The van der Waals surface area contributed by atoms with Crippen LogP contribution in [0.3, 0.4) is 0 Å². The van der Waals surface area contributed by atoms with Gasteiger partial charge in [-0.1, -0.05) is 18.2 Å². The van der Waals surface area contributed by atoms with Crippen molar-refractivity contribution in [3.8, 4) is 0 Å². The fourth-order valence-corrected chi connectivity index (χ4v) is 3.30. The Labute approximate surface area is 103 Å². The van der Waals surface area contributed by atoms with Gasteiger partial charge < -0.3 is 4.90 Å². The molecule has 0 saturated carbocycles. The van der Waals surface area contributed by atoms with Crippen molar-refractivity contribution in [2.75, 3.05) is 13.6 Å². The van der Waals surface area contributed by atoms with Gasteiger partial charge in [-0.3, -0.25) is 4.79 Å². The fourth-order valence-electron chi connectivity index (χ4n) is 3.30. The van der Waals surface area contributed by atoms with E-state index in [0.29, 0.717) is 11.8 Å². The number of likely N-dealkylation sites (tertiary alicyclic amines) is 1. The standard InChI is InChI=1S/C15H19NO/c1-16-10-14-12(8-9-15(16)17)7-6-11-4-2-3-5-13(11)14/h2-4,12H,5-10H2,1H3. The zero-order valence-corrected chi connectivity index (χ0v) is 10.4. The van der Waals surface area contributed by atoms with Crippen molar-refractivity contribution >= 4 is 5.91 Å². The van der Waals surface area contributed by atoms with Gasteiger partial charge in [0.25, 0.3) is 0 Å². The summed E-state index contributed by atoms with van der Waals surface area (Å²) in [6.07, 6.45) is 12.0. The van der Waals surface area contributed by atoms with Gasteiger partial charge >= 0.3 is 0 Å². The normalized spacial score (nSPS) is 28.5. The molecule has 2 heteroatoms. The summed E-state index contributed by atoms with van der Waals surface area (Å²) in [4.78, 5) is 13.7. The van der Waals surface area contributed by atoms with Crippen LogP contribution in [0.15, 0.2) is 34.9 Å². The summed E-state index contributed by atoms with van der Waals surface area (Å²) >= 11 is 0. The molecule has 0 aromatic heterocycles. The smallest absolute Gasteiger partial charge is 0.222 e. The maximum Gasteiger partial charge on any atom is 0.222 e. The van der Waals surface area contributed by atoms with Crippen molar-refractivity contribution in [1.82, 2.24) is 4.90 Å².